The lowest BCUT2D eigenvalue weighted by Gasteiger charge is -2.48. The third kappa shape index (κ3) is 2.67. The number of ketones is 1. The highest BCUT2D eigenvalue weighted by molar-refractivity contribution is 5.95. The topological polar surface area (TPSA) is 40.6 Å². The fourth-order valence-corrected chi connectivity index (χ4v) is 3.03. The van der Waals surface area contributed by atoms with Crippen LogP contribution in [0.2, 0.25) is 0 Å². The Hall–Kier alpha value is -1.84. The molecule has 2 aliphatic rings. The highest BCUT2D eigenvalue weighted by Gasteiger charge is 2.39. The molecule has 0 atom stereocenters. The first-order valence-corrected chi connectivity index (χ1v) is 7.66. The highest BCUT2D eigenvalue weighted by atomic mass is 16.2. The van der Waals surface area contributed by atoms with Crippen LogP contribution in [-0.4, -0.2) is 41.8 Å². The van der Waals surface area contributed by atoms with Gasteiger partial charge in [0.1, 0.15) is 5.78 Å². The summed E-state index contributed by atoms with van der Waals surface area (Å²) in [4.78, 5) is 27.9. The number of anilines is 1. The molecule has 2 aliphatic heterocycles. The van der Waals surface area contributed by atoms with Gasteiger partial charge in [0.05, 0.1) is 0 Å². The van der Waals surface area contributed by atoms with Crippen molar-refractivity contribution in [2.24, 2.45) is 0 Å². The number of Topliss-reactive ketones (excluding diaryl/α,β-unsaturated/α-hetero) is 1. The van der Waals surface area contributed by atoms with Crippen LogP contribution in [0.1, 0.15) is 43.5 Å². The van der Waals surface area contributed by atoms with Crippen molar-refractivity contribution < 1.29 is 9.59 Å². The van der Waals surface area contributed by atoms with Crippen molar-refractivity contribution in [2.75, 3.05) is 24.5 Å². The smallest absolute Gasteiger partial charge is 0.254 e. The summed E-state index contributed by atoms with van der Waals surface area (Å²) in [6, 6.07) is 7.80. The Morgan fingerprint density at radius 2 is 1.67 bits per heavy atom. The van der Waals surface area contributed by atoms with E-state index in [4.69, 9.17) is 0 Å². The summed E-state index contributed by atoms with van der Waals surface area (Å²) in [7, 11) is 0. The van der Waals surface area contributed by atoms with E-state index in [9.17, 15) is 9.59 Å². The van der Waals surface area contributed by atoms with Gasteiger partial charge < -0.3 is 9.80 Å². The van der Waals surface area contributed by atoms with Crippen LogP contribution in [0.5, 0.6) is 0 Å². The van der Waals surface area contributed by atoms with E-state index in [1.54, 1.807) is 0 Å². The van der Waals surface area contributed by atoms with Crippen molar-refractivity contribution in [3.05, 3.63) is 29.8 Å². The molecule has 0 aromatic heterocycles. The molecule has 0 spiro atoms. The molecule has 112 valence electrons. The van der Waals surface area contributed by atoms with E-state index < -0.39 is 0 Å². The first kappa shape index (κ1) is 14.1. The third-order valence-electron chi connectivity index (χ3n) is 4.72. The second-order valence-corrected chi connectivity index (χ2v) is 6.59. The highest BCUT2D eigenvalue weighted by Crippen LogP contribution is 2.31. The van der Waals surface area contributed by atoms with Crippen molar-refractivity contribution in [3.8, 4) is 0 Å². The van der Waals surface area contributed by atoms with Crippen molar-refractivity contribution in [3.63, 3.8) is 0 Å². The Morgan fingerprint density at radius 1 is 1.05 bits per heavy atom. The van der Waals surface area contributed by atoms with Gasteiger partial charge in [0.15, 0.2) is 0 Å². The minimum absolute atomic E-state index is 0.0109. The molecule has 4 heteroatoms. The zero-order valence-electron chi connectivity index (χ0n) is 12.8. The molecule has 2 heterocycles. The number of hydrogen-bond donors (Lipinski definition) is 0. The number of amides is 1. The van der Waals surface area contributed by atoms with Crippen LogP contribution in [0.15, 0.2) is 24.3 Å². The van der Waals surface area contributed by atoms with Gasteiger partial charge >= 0.3 is 0 Å². The molecular weight excluding hydrogens is 264 g/mol. The molecule has 0 N–H and O–H groups in total. The van der Waals surface area contributed by atoms with Crippen LogP contribution in [0.25, 0.3) is 0 Å². The van der Waals surface area contributed by atoms with E-state index in [2.05, 4.69) is 18.7 Å². The van der Waals surface area contributed by atoms with Gasteiger partial charge in [0.2, 0.25) is 0 Å². The van der Waals surface area contributed by atoms with Crippen molar-refractivity contribution >= 4 is 17.4 Å². The van der Waals surface area contributed by atoms with E-state index in [0.717, 1.165) is 37.3 Å². The average molecular weight is 286 g/mol. The number of benzene rings is 1. The van der Waals surface area contributed by atoms with E-state index in [-0.39, 0.29) is 11.4 Å². The largest absolute Gasteiger partial charge is 0.371 e. The molecule has 1 amide bonds. The molecule has 0 bridgehead atoms. The molecule has 0 saturated carbocycles. The molecule has 1 aromatic carbocycles. The Bertz CT molecular complexity index is 553. The quantitative estimate of drug-likeness (QED) is 0.838. The van der Waals surface area contributed by atoms with Gasteiger partial charge in [0, 0.05) is 49.3 Å². The number of carbonyl (C=O) groups excluding carboxylic acids is 2. The SMILES string of the molecule is CC1(C)CCN1C(=O)c1ccc(N2CCC(=O)CC2)cc1. The second-order valence-electron chi connectivity index (χ2n) is 6.59. The molecule has 0 radical (unpaired) electrons. The summed E-state index contributed by atoms with van der Waals surface area (Å²) in [6.07, 6.45) is 2.32. The van der Waals surface area contributed by atoms with Gasteiger partial charge in [-0.2, -0.15) is 0 Å². The van der Waals surface area contributed by atoms with Crippen LogP contribution in [0.3, 0.4) is 0 Å². The molecular formula is C17H22N2O2. The molecule has 3 rings (SSSR count). The monoisotopic (exact) mass is 286 g/mol. The lowest BCUT2D eigenvalue weighted by Crippen LogP contribution is -2.58. The van der Waals surface area contributed by atoms with E-state index in [0.29, 0.717) is 18.6 Å². The van der Waals surface area contributed by atoms with Crippen LogP contribution in [-0.2, 0) is 4.79 Å². The van der Waals surface area contributed by atoms with E-state index in [1.165, 1.54) is 0 Å². The zero-order chi connectivity index (χ0) is 15.0. The first-order valence-electron chi connectivity index (χ1n) is 7.66. The molecule has 0 aliphatic carbocycles. The normalized spacial score (nSPS) is 21.1. The Morgan fingerprint density at radius 3 is 2.14 bits per heavy atom. The van der Waals surface area contributed by atoms with Gasteiger partial charge in [-0.3, -0.25) is 9.59 Å². The third-order valence-corrected chi connectivity index (χ3v) is 4.72. The number of hydrogen-bond acceptors (Lipinski definition) is 3. The Balaban J connectivity index is 1.69. The molecule has 1 aromatic rings. The summed E-state index contributed by atoms with van der Waals surface area (Å²) < 4.78 is 0. The van der Waals surface area contributed by atoms with Crippen molar-refractivity contribution in [1.82, 2.24) is 4.90 Å². The standard InChI is InChI=1S/C17H22N2O2/c1-17(2)9-12-19(17)16(21)13-3-5-14(6-4-13)18-10-7-15(20)8-11-18/h3-6H,7-12H2,1-2H3. The summed E-state index contributed by atoms with van der Waals surface area (Å²) in [5.74, 6) is 0.463. The van der Waals surface area contributed by atoms with Crippen molar-refractivity contribution in [2.45, 2.75) is 38.6 Å². The lowest BCUT2D eigenvalue weighted by atomic mass is 9.88. The molecule has 2 saturated heterocycles. The molecule has 0 unspecified atom stereocenters. The van der Waals surface area contributed by atoms with Gasteiger partial charge in [-0.1, -0.05) is 0 Å². The predicted octanol–water partition coefficient (Wildman–Crippen LogP) is 2.48. The van der Waals surface area contributed by atoms with Gasteiger partial charge in [-0.15, -0.1) is 0 Å². The van der Waals surface area contributed by atoms with Gasteiger partial charge in [0.25, 0.3) is 5.91 Å². The number of rotatable bonds is 2. The number of likely N-dealkylation sites (tertiary alicyclic amines) is 1. The number of nitrogens with zero attached hydrogens (tertiary/aromatic N) is 2. The first-order chi connectivity index (χ1) is 9.97. The summed E-state index contributed by atoms with van der Waals surface area (Å²) in [6.45, 7) is 6.62. The van der Waals surface area contributed by atoms with Gasteiger partial charge in [-0.05, 0) is 44.5 Å². The summed E-state index contributed by atoms with van der Waals surface area (Å²) in [5, 5.41) is 0. The number of piperidine rings is 1. The zero-order valence-corrected chi connectivity index (χ0v) is 12.8. The lowest BCUT2D eigenvalue weighted by molar-refractivity contribution is -0.119. The maximum atomic E-state index is 12.4. The van der Waals surface area contributed by atoms with Crippen LogP contribution < -0.4 is 4.90 Å². The van der Waals surface area contributed by atoms with Crippen molar-refractivity contribution in [1.29, 1.82) is 0 Å². The van der Waals surface area contributed by atoms with E-state index >= 15 is 0 Å². The minimum Gasteiger partial charge on any atom is -0.371 e. The molecule has 21 heavy (non-hydrogen) atoms. The fraction of sp³-hybridized carbons (Fsp3) is 0.529. The Labute approximate surface area is 125 Å². The average Bonchev–Trinajstić information content (AvgIpc) is 2.47. The number of carbonyl (C=O) groups is 2. The fourth-order valence-electron chi connectivity index (χ4n) is 3.03. The maximum Gasteiger partial charge on any atom is 0.254 e. The van der Waals surface area contributed by atoms with Crippen LogP contribution in [0.4, 0.5) is 5.69 Å². The summed E-state index contributed by atoms with van der Waals surface area (Å²) in [5.41, 5.74) is 1.84. The maximum absolute atomic E-state index is 12.4. The second kappa shape index (κ2) is 5.17. The van der Waals surface area contributed by atoms with Gasteiger partial charge in [-0.25, -0.2) is 0 Å². The van der Waals surface area contributed by atoms with E-state index in [1.807, 2.05) is 29.2 Å². The van der Waals surface area contributed by atoms with Crippen LogP contribution >= 0.6 is 0 Å². The summed E-state index contributed by atoms with van der Waals surface area (Å²) >= 11 is 0. The minimum atomic E-state index is -0.0109. The van der Waals surface area contributed by atoms with Crippen LogP contribution in [0, 0.1) is 0 Å². The Kier molecular flexibility index (Phi) is 3.47. The molecule has 4 nitrogen and oxygen atoms in total. The predicted molar refractivity (Wildman–Crippen MR) is 82.6 cm³/mol. The molecule has 2 fully saturated rings.